The Hall–Kier alpha value is -3.34. The summed E-state index contributed by atoms with van der Waals surface area (Å²) >= 11 is 1.51. The van der Waals surface area contributed by atoms with Crippen molar-refractivity contribution in [1.82, 2.24) is 4.31 Å². The second-order valence-electron chi connectivity index (χ2n) is 8.73. The lowest BCUT2D eigenvalue weighted by molar-refractivity contribution is -0.157. The third-order valence-electron chi connectivity index (χ3n) is 4.59. The first kappa shape index (κ1) is 27.9. The molecule has 7 heteroatoms. The Bertz CT molecular complexity index is 1180. The van der Waals surface area contributed by atoms with Crippen molar-refractivity contribution in [2.45, 2.75) is 45.2 Å². The zero-order valence-corrected chi connectivity index (χ0v) is 20.5. The molecular weight excluding hydrogens is 463 g/mol. The van der Waals surface area contributed by atoms with E-state index in [9.17, 15) is 14.4 Å². The average Bonchev–Trinajstić information content (AvgIpc) is 2.78. The van der Waals surface area contributed by atoms with Gasteiger partial charge < -0.3 is 9.47 Å². The van der Waals surface area contributed by atoms with Gasteiger partial charge >= 0.3 is 5.97 Å². The van der Waals surface area contributed by atoms with Gasteiger partial charge in [0.2, 0.25) is 0 Å². The molecule has 0 bridgehead atoms. The lowest BCUT2D eigenvalue weighted by Gasteiger charge is -2.20. The molecule has 35 heavy (non-hydrogen) atoms. The quantitative estimate of drug-likeness (QED) is 0.252. The molecule has 0 saturated heterocycles. The van der Waals surface area contributed by atoms with Crippen LogP contribution in [-0.4, -0.2) is 29.5 Å². The van der Waals surface area contributed by atoms with E-state index in [-0.39, 0.29) is 19.9 Å². The first-order chi connectivity index (χ1) is 16.1. The Morgan fingerprint density at radius 1 is 1.09 bits per heavy atom. The highest BCUT2D eigenvalue weighted by atomic mass is 32.2. The first-order valence-corrected chi connectivity index (χ1v) is 11.5. The summed E-state index contributed by atoms with van der Waals surface area (Å²) in [5, 5.41) is 9.32. The van der Waals surface area contributed by atoms with Crippen molar-refractivity contribution < 1.29 is 18.7 Å². The number of nitriles is 1. The highest BCUT2D eigenvalue weighted by Crippen LogP contribution is 2.33. The van der Waals surface area contributed by atoms with E-state index in [1.807, 2.05) is 41.7 Å². The van der Waals surface area contributed by atoms with Gasteiger partial charge in [0.1, 0.15) is 17.2 Å². The van der Waals surface area contributed by atoms with Crippen molar-refractivity contribution in [3.8, 4) is 22.9 Å². The Balaban J connectivity index is 0.00000432. The van der Waals surface area contributed by atoms with E-state index >= 15 is 0 Å². The van der Waals surface area contributed by atoms with Gasteiger partial charge in [0, 0.05) is 17.0 Å². The number of halogens is 1. The summed E-state index contributed by atoms with van der Waals surface area (Å²) in [6.07, 6.45) is 0. The van der Waals surface area contributed by atoms with Crippen LogP contribution >= 0.6 is 11.9 Å². The largest absolute Gasteiger partial charge is 0.481 e. The molecule has 0 aromatic heterocycles. The molecule has 0 fully saturated rings. The monoisotopic (exact) mass is 494 g/mol. The summed E-state index contributed by atoms with van der Waals surface area (Å²) in [6.45, 7) is 5.80. The van der Waals surface area contributed by atoms with E-state index in [1.54, 1.807) is 45.0 Å². The molecule has 0 unspecified atom stereocenters. The minimum absolute atomic E-state index is 0. The lowest BCUT2D eigenvalue weighted by atomic mass is 10.00. The van der Waals surface area contributed by atoms with Crippen molar-refractivity contribution in [3.63, 3.8) is 0 Å². The number of rotatable bonds is 8. The van der Waals surface area contributed by atoms with Crippen LogP contribution in [0.25, 0.3) is 11.1 Å². The fourth-order valence-corrected chi connectivity index (χ4v) is 4.09. The normalized spacial score (nSPS) is 10.9. The summed E-state index contributed by atoms with van der Waals surface area (Å²) in [5.74, 6) is -0.194. The van der Waals surface area contributed by atoms with Crippen LogP contribution < -0.4 is 4.74 Å². The third kappa shape index (κ3) is 8.75. The minimum atomic E-state index is -0.596. The molecule has 0 heterocycles. The average molecular weight is 495 g/mol. The molecule has 3 rings (SSSR count). The van der Waals surface area contributed by atoms with Crippen molar-refractivity contribution >= 4 is 17.9 Å². The molecule has 0 spiro atoms. The van der Waals surface area contributed by atoms with Gasteiger partial charge in [-0.1, -0.05) is 25.6 Å². The van der Waals surface area contributed by atoms with E-state index in [0.29, 0.717) is 17.9 Å². The van der Waals surface area contributed by atoms with Crippen molar-refractivity contribution in [3.05, 3.63) is 83.7 Å². The Labute approximate surface area is 211 Å². The second kappa shape index (κ2) is 12.4. The van der Waals surface area contributed by atoms with Crippen molar-refractivity contribution in [2.24, 2.45) is 0 Å². The van der Waals surface area contributed by atoms with Crippen LogP contribution in [0.15, 0.2) is 71.6 Å². The Kier molecular flexibility index (Phi) is 9.88. The molecule has 0 amide bonds. The van der Waals surface area contributed by atoms with E-state index < -0.39 is 11.6 Å². The van der Waals surface area contributed by atoms with Crippen LogP contribution in [0.1, 0.15) is 39.3 Å². The Morgan fingerprint density at radius 2 is 1.80 bits per heavy atom. The maximum absolute atomic E-state index is 13.2. The number of carbonyl (C=O) groups excluding carboxylic acids is 1. The van der Waals surface area contributed by atoms with Gasteiger partial charge in [-0.3, -0.25) is 0 Å². The van der Waals surface area contributed by atoms with Crippen LogP contribution in [-0.2, 0) is 16.1 Å². The fraction of sp³-hybridized carbons (Fsp3) is 0.286. The molecular formula is C28H31FN2O3S. The summed E-state index contributed by atoms with van der Waals surface area (Å²) < 4.78 is 26.4. The highest BCUT2D eigenvalue weighted by Gasteiger charge is 2.18. The van der Waals surface area contributed by atoms with Crippen molar-refractivity contribution in [1.29, 1.82) is 5.26 Å². The SMILES string of the molecule is C.CN(Cc1ccc(OCC(=O)OC(C)(C)C)c(-c2cccc(C#N)c2)c1)Sc1ccc(F)cc1. The van der Waals surface area contributed by atoms with Gasteiger partial charge in [-0.2, -0.15) is 5.26 Å². The highest BCUT2D eigenvalue weighted by molar-refractivity contribution is 7.97. The molecule has 184 valence electrons. The summed E-state index contributed by atoms with van der Waals surface area (Å²) in [4.78, 5) is 13.1. The molecule has 0 radical (unpaired) electrons. The van der Waals surface area contributed by atoms with Crippen LogP contribution in [0.4, 0.5) is 4.39 Å². The zero-order chi connectivity index (χ0) is 24.7. The van der Waals surface area contributed by atoms with Gasteiger partial charge in [-0.15, -0.1) is 0 Å². The lowest BCUT2D eigenvalue weighted by Crippen LogP contribution is -2.27. The maximum Gasteiger partial charge on any atom is 0.344 e. The predicted molar refractivity (Wildman–Crippen MR) is 138 cm³/mol. The van der Waals surface area contributed by atoms with Crippen LogP contribution in [0.2, 0.25) is 0 Å². The standard InChI is InChI=1S/C27H27FN2O3S.CH4/c1-27(2,3)33-26(31)18-32-25-13-8-20(15-24(25)21-7-5-6-19(14-21)16-29)17-30(4)34-23-11-9-22(28)10-12-23;/h5-15H,17-18H2,1-4H3;1H4. The van der Waals surface area contributed by atoms with Gasteiger partial charge in [0.05, 0.1) is 11.6 Å². The Morgan fingerprint density at radius 3 is 2.46 bits per heavy atom. The van der Waals surface area contributed by atoms with Crippen LogP contribution in [0.3, 0.4) is 0 Å². The molecule has 0 N–H and O–H groups in total. The molecule has 0 aliphatic carbocycles. The fourth-order valence-electron chi connectivity index (χ4n) is 3.26. The molecule has 0 aliphatic rings. The van der Waals surface area contributed by atoms with E-state index in [1.165, 1.54) is 24.1 Å². The van der Waals surface area contributed by atoms with Gasteiger partial charge in [0.15, 0.2) is 6.61 Å². The second-order valence-corrected chi connectivity index (χ2v) is 10.0. The third-order valence-corrected chi connectivity index (χ3v) is 5.52. The van der Waals surface area contributed by atoms with E-state index in [2.05, 4.69) is 6.07 Å². The first-order valence-electron chi connectivity index (χ1n) is 10.8. The summed E-state index contributed by atoms with van der Waals surface area (Å²) in [7, 11) is 1.96. The molecule has 0 aliphatic heterocycles. The number of carbonyl (C=O) groups is 1. The number of hydrogen-bond donors (Lipinski definition) is 0. The van der Waals surface area contributed by atoms with Crippen LogP contribution in [0.5, 0.6) is 5.75 Å². The smallest absolute Gasteiger partial charge is 0.344 e. The molecule has 3 aromatic carbocycles. The maximum atomic E-state index is 13.2. The summed E-state index contributed by atoms with van der Waals surface area (Å²) in [5.41, 5.74) is 2.54. The van der Waals surface area contributed by atoms with Gasteiger partial charge in [0.25, 0.3) is 0 Å². The molecule has 0 atom stereocenters. The number of ether oxygens (including phenoxy) is 2. The van der Waals surface area contributed by atoms with E-state index in [4.69, 9.17) is 9.47 Å². The number of hydrogen-bond acceptors (Lipinski definition) is 6. The zero-order valence-electron chi connectivity index (χ0n) is 19.7. The minimum Gasteiger partial charge on any atom is -0.481 e. The van der Waals surface area contributed by atoms with Gasteiger partial charge in [-0.25, -0.2) is 13.5 Å². The van der Waals surface area contributed by atoms with Crippen molar-refractivity contribution in [2.75, 3.05) is 13.7 Å². The number of esters is 1. The molecule has 0 saturated carbocycles. The predicted octanol–water partition coefficient (Wildman–Crippen LogP) is 6.86. The number of benzene rings is 3. The molecule has 3 aromatic rings. The topological polar surface area (TPSA) is 62.6 Å². The molecule has 5 nitrogen and oxygen atoms in total. The van der Waals surface area contributed by atoms with E-state index in [0.717, 1.165) is 21.6 Å². The van der Waals surface area contributed by atoms with Gasteiger partial charge in [-0.05, 0) is 99.4 Å². The summed E-state index contributed by atoms with van der Waals surface area (Å²) in [6, 6.07) is 21.5. The van der Waals surface area contributed by atoms with Crippen LogP contribution in [0, 0.1) is 17.1 Å². The number of nitrogens with zero attached hydrogens (tertiary/aromatic N) is 2.